The van der Waals surface area contributed by atoms with Gasteiger partial charge in [-0.05, 0) is 35.7 Å². The van der Waals surface area contributed by atoms with E-state index in [9.17, 15) is 0 Å². The van der Waals surface area contributed by atoms with Crippen LogP contribution < -0.4 is 10.5 Å². The second kappa shape index (κ2) is 5.71. The van der Waals surface area contributed by atoms with Crippen LogP contribution in [0.15, 0.2) is 54.7 Å². The summed E-state index contributed by atoms with van der Waals surface area (Å²) in [4.78, 5) is 0. The molecular weight excluding hydrogens is 262 g/mol. The van der Waals surface area contributed by atoms with Gasteiger partial charge >= 0.3 is 0 Å². The van der Waals surface area contributed by atoms with E-state index in [1.165, 1.54) is 5.56 Å². The molecule has 0 unspecified atom stereocenters. The van der Waals surface area contributed by atoms with E-state index in [1.807, 2.05) is 36.4 Å². The number of aromatic amines is 1. The van der Waals surface area contributed by atoms with Crippen LogP contribution >= 0.6 is 0 Å². The summed E-state index contributed by atoms with van der Waals surface area (Å²) in [5.74, 6) is 0.714. The summed E-state index contributed by atoms with van der Waals surface area (Å²) in [6.07, 6.45) is 2.57. The topological polar surface area (TPSA) is 63.9 Å². The molecule has 21 heavy (non-hydrogen) atoms. The van der Waals surface area contributed by atoms with Gasteiger partial charge in [0.1, 0.15) is 5.75 Å². The molecule has 0 saturated carbocycles. The molecule has 0 saturated heterocycles. The van der Waals surface area contributed by atoms with E-state index in [-0.39, 0.29) is 0 Å². The summed E-state index contributed by atoms with van der Waals surface area (Å²) in [5.41, 5.74) is 11.1. The third-order valence-corrected chi connectivity index (χ3v) is 3.50. The molecule has 0 aliphatic heterocycles. The fourth-order valence-corrected chi connectivity index (χ4v) is 2.43. The zero-order chi connectivity index (χ0) is 14.7. The number of benzene rings is 2. The predicted molar refractivity (Wildman–Crippen MR) is 84.2 cm³/mol. The van der Waals surface area contributed by atoms with Crippen LogP contribution in [-0.4, -0.2) is 17.3 Å². The molecule has 3 N–H and O–H groups in total. The zero-order valence-corrected chi connectivity index (χ0v) is 11.8. The van der Waals surface area contributed by atoms with E-state index in [0.717, 1.165) is 23.2 Å². The lowest BCUT2D eigenvalue weighted by atomic mass is 9.97. The SMILES string of the molecule is COc1cc(Cc2ccccc2-c2ccn[nH]2)ccc1N. The fraction of sp³-hybridized carbons (Fsp3) is 0.118. The van der Waals surface area contributed by atoms with Gasteiger partial charge in [-0.2, -0.15) is 5.10 Å². The molecule has 4 nitrogen and oxygen atoms in total. The highest BCUT2D eigenvalue weighted by Crippen LogP contribution is 2.27. The van der Waals surface area contributed by atoms with Gasteiger partial charge in [0.2, 0.25) is 0 Å². The maximum absolute atomic E-state index is 5.86. The van der Waals surface area contributed by atoms with Gasteiger partial charge < -0.3 is 10.5 Å². The van der Waals surface area contributed by atoms with Crippen LogP contribution in [-0.2, 0) is 6.42 Å². The fourth-order valence-electron chi connectivity index (χ4n) is 2.43. The number of H-pyrrole nitrogens is 1. The molecule has 0 amide bonds. The summed E-state index contributed by atoms with van der Waals surface area (Å²) < 4.78 is 5.28. The lowest BCUT2D eigenvalue weighted by Gasteiger charge is -2.10. The lowest BCUT2D eigenvalue weighted by Crippen LogP contribution is -1.96. The minimum atomic E-state index is 0.656. The normalized spacial score (nSPS) is 10.5. The van der Waals surface area contributed by atoms with E-state index in [2.05, 4.69) is 22.3 Å². The number of nitrogens with two attached hydrogens (primary N) is 1. The van der Waals surface area contributed by atoms with Gasteiger partial charge in [0.05, 0.1) is 18.5 Å². The van der Waals surface area contributed by atoms with E-state index in [1.54, 1.807) is 13.3 Å². The van der Waals surface area contributed by atoms with Gasteiger partial charge in [-0.3, -0.25) is 5.10 Å². The molecular formula is C17H17N3O. The van der Waals surface area contributed by atoms with Crippen molar-refractivity contribution in [3.05, 3.63) is 65.9 Å². The minimum Gasteiger partial charge on any atom is -0.495 e. The van der Waals surface area contributed by atoms with Crippen LogP contribution in [0.2, 0.25) is 0 Å². The summed E-state index contributed by atoms with van der Waals surface area (Å²) in [5, 5.41) is 7.04. The van der Waals surface area contributed by atoms with E-state index in [4.69, 9.17) is 10.5 Å². The van der Waals surface area contributed by atoms with Crippen LogP contribution in [0, 0.1) is 0 Å². The molecule has 0 fully saturated rings. The Morgan fingerprint density at radius 1 is 1.14 bits per heavy atom. The average molecular weight is 279 g/mol. The predicted octanol–water partition coefficient (Wildman–Crippen LogP) is 3.26. The van der Waals surface area contributed by atoms with E-state index in [0.29, 0.717) is 11.4 Å². The van der Waals surface area contributed by atoms with Crippen LogP contribution in [0.4, 0.5) is 5.69 Å². The molecule has 1 aromatic heterocycles. The van der Waals surface area contributed by atoms with Gasteiger partial charge in [0, 0.05) is 11.8 Å². The van der Waals surface area contributed by atoms with Gasteiger partial charge in [-0.25, -0.2) is 0 Å². The highest BCUT2D eigenvalue weighted by atomic mass is 16.5. The van der Waals surface area contributed by atoms with Gasteiger partial charge in [-0.1, -0.05) is 30.3 Å². The second-order valence-electron chi connectivity index (χ2n) is 4.88. The summed E-state index contributed by atoms with van der Waals surface area (Å²) in [6, 6.07) is 16.2. The highest BCUT2D eigenvalue weighted by Gasteiger charge is 2.08. The number of anilines is 1. The summed E-state index contributed by atoms with van der Waals surface area (Å²) in [7, 11) is 1.63. The standard InChI is InChI=1S/C17H17N3O/c1-21-17-11-12(6-7-15(17)18)10-13-4-2-3-5-14(13)16-8-9-19-20-16/h2-9,11H,10,18H2,1H3,(H,19,20). The highest BCUT2D eigenvalue weighted by molar-refractivity contribution is 5.64. The molecule has 3 rings (SSSR count). The molecule has 4 heteroatoms. The smallest absolute Gasteiger partial charge is 0.142 e. The van der Waals surface area contributed by atoms with Crippen LogP contribution in [0.25, 0.3) is 11.3 Å². The van der Waals surface area contributed by atoms with Crippen molar-refractivity contribution in [1.29, 1.82) is 0 Å². The quantitative estimate of drug-likeness (QED) is 0.720. The first-order valence-corrected chi connectivity index (χ1v) is 6.78. The van der Waals surface area contributed by atoms with Crippen molar-refractivity contribution in [2.45, 2.75) is 6.42 Å². The minimum absolute atomic E-state index is 0.656. The number of nitrogens with zero attached hydrogens (tertiary/aromatic N) is 1. The Hall–Kier alpha value is -2.75. The number of nitrogens with one attached hydrogen (secondary N) is 1. The number of ether oxygens (including phenoxy) is 1. The molecule has 0 atom stereocenters. The molecule has 3 aromatic rings. The Balaban J connectivity index is 1.96. The van der Waals surface area contributed by atoms with Gasteiger partial charge in [0.15, 0.2) is 0 Å². The molecule has 2 aromatic carbocycles. The number of hydrogen-bond acceptors (Lipinski definition) is 3. The molecule has 0 aliphatic carbocycles. The first kappa shape index (κ1) is 13.2. The Morgan fingerprint density at radius 2 is 2.00 bits per heavy atom. The van der Waals surface area contributed by atoms with Crippen molar-refractivity contribution in [3.63, 3.8) is 0 Å². The molecule has 106 valence electrons. The molecule has 0 bridgehead atoms. The first-order chi connectivity index (χ1) is 10.3. The third-order valence-electron chi connectivity index (χ3n) is 3.50. The van der Waals surface area contributed by atoms with Crippen LogP contribution in [0.3, 0.4) is 0 Å². The van der Waals surface area contributed by atoms with E-state index >= 15 is 0 Å². The lowest BCUT2D eigenvalue weighted by molar-refractivity contribution is 0.416. The maximum atomic E-state index is 5.86. The first-order valence-electron chi connectivity index (χ1n) is 6.78. The number of hydrogen-bond donors (Lipinski definition) is 2. The van der Waals surface area contributed by atoms with Gasteiger partial charge in [0.25, 0.3) is 0 Å². The average Bonchev–Trinajstić information content (AvgIpc) is 3.04. The molecule has 1 heterocycles. The van der Waals surface area contributed by atoms with Crippen molar-refractivity contribution in [3.8, 4) is 17.0 Å². The largest absolute Gasteiger partial charge is 0.495 e. The number of rotatable bonds is 4. The summed E-state index contributed by atoms with van der Waals surface area (Å²) >= 11 is 0. The van der Waals surface area contributed by atoms with Crippen molar-refractivity contribution in [2.75, 3.05) is 12.8 Å². The zero-order valence-electron chi connectivity index (χ0n) is 11.8. The second-order valence-corrected chi connectivity index (χ2v) is 4.88. The number of aromatic nitrogens is 2. The summed E-state index contributed by atoms with van der Waals surface area (Å²) in [6.45, 7) is 0. The van der Waals surface area contributed by atoms with Crippen LogP contribution in [0.1, 0.15) is 11.1 Å². The van der Waals surface area contributed by atoms with Crippen molar-refractivity contribution in [2.24, 2.45) is 0 Å². The monoisotopic (exact) mass is 279 g/mol. The number of nitrogen functional groups attached to an aromatic ring is 1. The van der Waals surface area contributed by atoms with Crippen molar-refractivity contribution >= 4 is 5.69 Å². The number of methoxy groups -OCH3 is 1. The third kappa shape index (κ3) is 2.74. The molecule has 0 aliphatic rings. The Morgan fingerprint density at radius 3 is 2.76 bits per heavy atom. The molecule has 0 radical (unpaired) electrons. The van der Waals surface area contributed by atoms with Gasteiger partial charge in [-0.15, -0.1) is 0 Å². The van der Waals surface area contributed by atoms with Crippen molar-refractivity contribution < 1.29 is 4.74 Å². The molecule has 0 spiro atoms. The van der Waals surface area contributed by atoms with Crippen LogP contribution in [0.5, 0.6) is 5.75 Å². The Bertz CT molecular complexity index is 736. The van der Waals surface area contributed by atoms with Crippen molar-refractivity contribution in [1.82, 2.24) is 10.2 Å². The Kier molecular flexibility index (Phi) is 3.60. The van der Waals surface area contributed by atoms with E-state index < -0.39 is 0 Å². The maximum Gasteiger partial charge on any atom is 0.142 e. The Labute approximate surface area is 123 Å².